The summed E-state index contributed by atoms with van der Waals surface area (Å²) in [6.07, 6.45) is 1.05. The first-order valence-electron chi connectivity index (χ1n) is 6.42. The molecule has 5 nitrogen and oxygen atoms in total. The summed E-state index contributed by atoms with van der Waals surface area (Å²) >= 11 is 0. The molecule has 2 saturated heterocycles. The zero-order chi connectivity index (χ0) is 12.1. The third-order valence-electron chi connectivity index (χ3n) is 3.32. The molecule has 0 radical (unpaired) electrons. The van der Waals surface area contributed by atoms with E-state index in [-0.39, 0.29) is 12.5 Å². The van der Waals surface area contributed by atoms with E-state index in [1.165, 1.54) is 0 Å². The van der Waals surface area contributed by atoms with Crippen molar-refractivity contribution in [3.63, 3.8) is 0 Å². The molecule has 98 valence electrons. The zero-order valence-corrected chi connectivity index (χ0v) is 10.5. The molecule has 2 aliphatic heterocycles. The maximum atomic E-state index is 11.9. The van der Waals surface area contributed by atoms with Crippen LogP contribution in [-0.2, 0) is 14.3 Å². The van der Waals surface area contributed by atoms with E-state index in [4.69, 9.17) is 9.47 Å². The van der Waals surface area contributed by atoms with Gasteiger partial charge in [-0.05, 0) is 13.3 Å². The first-order chi connectivity index (χ1) is 8.25. The van der Waals surface area contributed by atoms with Crippen molar-refractivity contribution in [2.45, 2.75) is 19.4 Å². The highest BCUT2D eigenvalue weighted by Crippen LogP contribution is 2.12. The monoisotopic (exact) mass is 242 g/mol. The van der Waals surface area contributed by atoms with Crippen molar-refractivity contribution >= 4 is 5.91 Å². The highest BCUT2D eigenvalue weighted by molar-refractivity contribution is 5.77. The normalized spacial score (nSPS) is 29.6. The Morgan fingerprint density at radius 3 is 3.18 bits per heavy atom. The van der Waals surface area contributed by atoms with E-state index >= 15 is 0 Å². The molecule has 17 heavy (non-hydrogen) atoms. The SMILES string of the molecule is C[C@H]1CN(C(=O)COC[C@@H]2CCOC2)CCN1. The van der Waals surface area contributed by atoms with Crippen LogP contribution in [0.2, 0.25) is 0 Å². The van der Waals surface area contributed by atoms with Crippen LogP contribution in [0.5, 0.6) is 0 Å². The molecule has 2 heterocycles. The summed E-state index contributed by atoms with van der Waals surface area (Å²) in [4.78, 5) is 13.7. The lowest BCUT2D eigenvalue weighted by Gasteiger charge is -2.31. The number of nitrogens with one attached hydrogen (secondary N) is 1. The molecule has 5 heteroatoms. The van der Waals surface area contributed by atoms with Gasteiger partial charge in [0.25, 0.3) is 0 Å². The molecule has 0 bridgehead atoms. The average Bonchev–Trinajstić information content (AvgIpc) is 2.82. The van der Waals surface area contributed by atoms with Gasteiger partial charge in [-0.1, -0.05) is 0 Å². The van der Waals surface area contributed by atoms with Gasteiger partial charge in [-0.25, -0.2) is 0 Å². The standard InChI is InChI=1S/C12H22N2O3/c1-10-6-14(4-3-13-10)12(15)9-17-8-11-2-5-16-7-11/h10-11,13H,2-9H2,1H3/t10-,11+/m0/s1. The van der Waals surface area contributed by atoms with Crippen LogP contribution in [0, 0.1) is 5.92 Å². The van der Waals surface area contributed by atoms with Crippen LogP contribution in [0.1, 0.15) is 13.3 Å². The lowest BCUT2D eigenvalue weighted by molar-refractivity contribution is -0.137. The van der Waals surface area contributed by atoms with Gasteiger partial charge in [0.2, 0.25) is 5.91 Å². The van der Waals surface area contributed by atoms with Crippen molar-refractivity contribution in [2.24, 2.45) is 5.92 Å². The van der Waals surface area contributed by atoms with Gasteiger partial charge in [0.15, 0.2) is 0 Å². The van der Waals surface area contributed by atoms with Crippen molar-refractivity contribution in [1.29, 1.82) is 0 Å². The molecule has 1 amide bonds. The van der Waals surface area contributed by atoms with Gasteiger partial charge in [0, 0.05) is 38.2 Å². The average molecular weight is 242 g/mol. The Morgan fingerprint density at radius 2 is 2.47 bits per heavy atom. The van der Waals surface area contributed by atoms with Crippen LogP contribution in [0.3, 0.4) is 0 Å². The van der Waals surface area contributed by atoms with E-state index in [9.17, 15) is 4.79 Å². The minimum atomic E-state index is 0.109. The number of piperazine rings is 1. The van der Waals surface area contributed by atoms with Gasteiger partial charge in [0.1, 0.15) is 6.61 Å². The molecule has 0 aromatic carbocycles. The predicted octanol–water partition coefficient (Wildman–Crippen LogP) is -0.140. The lowest BCUT2D eigenvalue weighted by Crippen LogP contribution is -2.52. The van der Waals surface area contributed by atoms with E-state index in [1.807, 2.05) is 4.90 Å². The highest BCUT2D eigenvalue weighted by atomic mass is 16.5. The number of ether oxygens (including phenoxy) is 2. The van der Waals surface area contributed by atoms with E-state index in [2.05, 4.69) is 12.2 Å². The van der Waals surface area contributed by atoms with Crippen LogP contribution in [0.25, 0.3) is 0 Å². The molecule has 0 aliphatic carbocycles. The Labute approximate surface area is 102 Å². The number of nitrogens with zero attached hydrogens (tertiary/aromatic N) is 1. The van der Waals surface area contributed by atoms with Crippen LogP contribution >= 0.6 is 0 Å². The summed E-state index contributed by atoms with van der Waals surface area (Å²) in [6.45, 7) is 7.01. The number of carbonyl (C=O) groups is 1. The van der Waals surface area contributed by atoms with Crippen molar-refractivity contribution < 1.29 is 14.3 Å². The number of hydrogen-bond acceptors (Lipinski definition) is 4. The van der Waals surface area contributed by atoms with Crippen molar-refractivity contribution in [2.75, 3.05) is 46.1 Å². The molecule has 2 atom stereocenters. The number of carbonyl (C=O) groups excluding carboxylic acids is 1. The second-order valence-corrected chi connectivity index (χ2v) is 4.94. The summed E-state index contributed by atoms with van der Waals surface area (Å²) < 4.78 is 10.7. The molecule has 1 N–H and O–H groups in total. The van der Waals surface area contributed by atoms with Crippen LogP contribution in [-0.4, -0.2) is 62.9 Å². The minimum Gasteiger partial charge on any atom is -0.381 e. The van der Waals surface area contributed by atoms with Crippen molar-refractivity contribution in [3.8, 4) is 0 Å². The maximum Gasteiger partial charge on any atom is 0.248 e. The Hall–Kier alpha value is -0.650. The topological polar surface area (TPSA) is 50.8 Å². The first-order valence-corrected chi connectivity index (χ1v) is 6.42. The van der Waals surface area contributed by atoms with E-state index in [1.54, 1.807) is 0 Å². The molecule has 0 saturated carbocycles. The number of amides is 1. The molecule has 2 rings (SSSR count). The fraction of sp³-hybridized carbons (Fsp3) is 0.917. The summed E-state index contributed by atoms with van der Waals surface area (Å²) in [5.74, 6) is 0.585. The smallest absolute Gasteiger partial charge is 0.248 e. The summed E-state index contributed by atoms with van der Waals surface area (Å²) in [5, 5.41) is 3.32. The highest BCUT2D eigenvalue weighted by Gasteiger charge is 2.21. The van der Waals surface area contributed by atoms with E-state index in [0.717, 1.165) is 39.3 Å². The molecule has 0 aromatic rings. The summed E-state index contributed by atoms with van der Waals surface area (Å²) in [6, 6.07) is 0.385. The summed E-state index contributed by atoms with van der Waals surface area (Å²) in [7, 11) is 0. The largest absolute Gasteiger partial charge is 0.381 e. The van der Waals surface area contributed by atoms with Crippen LogP contribution in [0.15, 0.2) is 0 Å². The van der Waals surface area contributed by atoms with Crippen molar-refractivity contribution in [3.05, 3.63) is 0 Å². The van der Waals surface area contributed by atoms with Gasteiger partial charge in [-0.15, -0.1) is 0 Å². The van der Waals surface area contributed by atoms with E-state index in [0.29, 0.717) is 18.6 Å². The quantitative estimate of drug-likeness (QED) is 0.745. The third kappa shape index (κ3) is 3.94. The van der Waals surface area contributed by atoms with Gasteiger partial charge in [0.05, 0.1) is 13.2 Å². The van der Waals surface area contributed by atoms with Crippen molar-refractivity contribution in [1.82, 2.24) is 10.2 Å². The van der Waals surface area contributed by atoms with Gasteiger partial charge >= 0.3 is 0 Å². The Balaban J connectivity index is 1.62. The minimum absolute atomic E-state index is 0.109. The molecule has 0 spiro atoms. The molecule has 2 aliphatic rings. The Bertz CT molecular complexity index is 254. The zero-order valence-electron chi connectivity index (χ0n) is 10.5. The molecule has 2 fully saturated rings. The maximum absolute atomic E-state index is 11.9. The van der Waals surface area contributed by atoms with Gasteiger partial charge in [-0.3, -0.25) is 4.79 Å². The first kappa shape index (κ1) is 12.8. The summed E-state index contributed by atoms with van der Waals surface area (Å²) in [5.41, 5.74) is 0. The van der Waals surface area contributed by atoms with Crippen LogP contribution < -0.4 is 5.32 Å². The fourth-order valence-corrected chi connectivity index (χ4v) is 2.28. The fourth-order valence-electron chi connectivity index (χ4n) is 2.28. The number of rotatable bonds is 4. The molecule has 0 aromatic heterocycles. The second kappa shape index (κ2) is 6.33. The molecular formula is C12H22N2O3. The van der Waals surface area contributed by atoms with Gasteiger partial charge < -0.3 is 19.7 Å². The van der Waals surface area contributed by atoms with Gasteiger partial charge in [-0.2, -0.15) is 0 Å². The predicted molar refractivity (Wildman–Crippen MR) is 63.8 cm³/mol. The molecular weight excluding hydrogens is 220 g/mol. The molecule has 0 unspecified atom stereocenters. The van der Waals surface area contributed by atoms with E-state index < -0.39 is 0 Å². The Morgan fingerprint density at radius 1 is 1.59 bits per heavy atom. The Kier molecular flexibility index (Phi) is 4.76. The second-order valence-electron chi connectivity index (χ2n) is 4.94. The third-order valence-corrected chi connectivity index (χ3v) is 3.32. The lowest BCUT2D eigenvalue weighted by atomic mass is 10.1. The number of hydrogen-bond donors (Lipinski definition) is 1. The van der Waals surface area contributed by atoms with Crippen LogP contribution in [0.4, 0.5) is 0 Å².